The van der Waals surface area contributed by atoms with Crippen LogP contribution in [-0.4, -0.2) is 37.4 Å². The Morgan fingerprint density at radius 1 is 1.29 bits per heavy atom. The zero-order chi connectivity index (χ0) is 15.7. The van der Waals surface area contributed by atoms with Crippen molar-refractivity contribution in [1.29, 1.82) is 0 Å². The molecule has 0 aromatic heterocycles. The van der Waals surface area contributed by atoms with Gasteiger partial charge >= 0.3 is 0 Å². The van der Waals surface area contributed by atoms with Crippen LogP contribution in [0.4, 0.5) is 0 Å². The molecule has 0 bridgehead atoms. The number of rotatable bonds is 7. The van der Waals surface area contributed by atoms with Crippen LogP contribution in [0.3, 0.4) is 0 Å². The number of nitrogens with one attached hydrogen (secondary N) is 2. The lowest BCUT2D eigenvalue weighted by molar-refractivity contribution is 0.0976. The maximum atomic E-state index is 12.0. The number of amides is 1. The smallest absolute Gasteiger partial charge is 0.257 e. The minimum Gasteiger partial charge on any atom is -0.491 e. The van der Waals surface area contributed by atoms with E-state index in [4.69, 9.17) is 21.7 Å². The van der Waals surface area contributed by atoms with Gasteiger partial charge in [-0.25, -0.2) is 0 Å². The van der Waals surface area contributed by atoms with Gasteiger partial charge in [-0.1, -0.05) is 0 Å². The summed E-state index contributed by atoms with van der Waals surface area (Å²) in [5.74, 6) is 0.497. The van der Waals surface area contributed by atoms with Crippen molar-refractivity contribution in [1.82, 2.24) is 10.6 Å². The molecule has 0 fully saturated rings. The molecule has 0 saturated heterocycles. The lowest BCUT2D eigenvalue weighted by atomic mass is 10.2. The molecule has 21 heavy (non-hydrogen) atoms. The van der Waals surface area contributed by atoms with Crippen molar-refractivity contribution in [3.8, 4) is 5.75 Å². The van der Waals surface area contributed by atoms with Crippen molar-refractivity contribution < 1.29 is 14.3 Å². The molecule has 0 heterocycles. The number of carbonyl (C=O) groups is 1. The van der Waals surface area contributed by atoms with Crippen LogP contribution in [0.5, 0.6) is 5.75 Å². The monoisotopic (exact) mass is 310 g/mol. The standard InChI is InChI=1S/C15H22N2O3S/c1-11(2)20-13-7-5-12(6-8-13)14(18)17-15(21)16-9-4-10-19-3/h5-8,11H,4,9-10H2,1-3H3,(H2,16,17,18,21). The number of benzene rings is 1. The van der Waals surface area contributed by atoms with Crippen LogP contribution in [0.15, 0.2) is 24.3 Å². The Bertz CT molecular complexity index is 460. The molecule has 0 radical (unpaired) electrons. The maximum absolute atomic E-state index is 12.0. The van der Waals surface area contributed by atoms with E-state index >= 15 is 0 Å². The number of hydrogen-bond acceptors (Lipinski definition) is 4. The summed E-state index contributed by atoms with van der Waals surface area (Å²) >= 11 is 5.05. The number of carbonyl (C=O) groups excluding carboxylic acids is 1. The predicted octanol–water partition coefficient (Wildman–Crippen LogP) is 2.11. The van der Waals surface area contributed by atoms with Gasteiger partial charge in [0.1, 0.15) is 5.75 Å². The zero-order valence-electron chi connectivity index (χ0n) is 12.6. The first-order valence-corrected chi connectivity index (χ1v) is 7.28. The van der Waals surface area contributed by atoms with Gasteiger partial charge in [0.25, 0.3) is 5.91 Å². The van der Waals surface area contributed by atoms with Gasteiger partial charge in [-0.3, -0.25) is 10.1 Å². The van der Waals surface area contributed by atoms with Crippen molar-refractivity contribution in [2.24, 2.45) is 0 Å². The third-order valence-electron chi connectivity index (χ3n) is 2.53. The minimum absolute atomic E-state index is 0.105. The first-order valence-electron chi connectivity index (χ1n) is 6.87. The second kappa shape index (κ2) is 9.31. The quantitative estimate of drug-likeness (QED) is 0.597. The summed E-state index contributed by atoms with van der Waals surface area (Å²) in [7, 11) is 1.65. The minimum atomic E-state index is -0.240. The molecule has 1 amide bonds. The molecule has 0 atom stereocenters. The molecule has 0 aliphatic rings. The molecule has 0 unspecified atom stereocenters. The lowest BCUT2D eigenvalue weighted by Crippen LogP contribution is -2.39. The summed E-state index contributed by atoms with van der Waals surface area (Å²) in [5.41, 5.74) is 0.534. The summed E-state index contributed by atoms with van der Waals surface area (Å²) < 4.78 is 10.5. The highest BCUT2D eigenvalue weighted by molar-refractivity contribution is 7.80. The normalized spacial score (nSPS) is 10.3. The molecule has 1 aromatic carbocycles. The van der Waals surface area contributed by atoms with E-state index in [9.17, 15) is 4.79 Å². The average Bonchev–Trinajstić information content (AvgIpc) is 2.43. The summed E-state index contributed by atoms with van der Waals surface area (Å²) in [6, 6.07) is 6.95. The zero-order valence-corrected chi connectivity index (χ0v) is 13.5. The fourth-order valence-corrected chi connectivity index (χ4v) is 1.79. The van der Waals surface area contributed by atoms with E-state index in [2.05, 4.69) is 10.6 Å². The third kappa shape index (κ3) is 7.06. The van der Waals surface area contributed by atoms with E-state index in [1.165, 1.54) is 0 Å². The van der Waals surface area contributed by atoms with E-state index in [0.717, 1.165) is 12.2 Å². The number of methoxy groups -OCH3 is 1. The molecule has 116 valence electrons. The lowest BCUT2D eigenvalue weighted by Gasteiger charge is -2.11. The van der Waals surface area contributed by atoms with Crippen molar-refractivity contribution in [2.75, 3.05) is 20.3 Å². The van der Waals surface area contributed by atoms with E-state index in [1.54, 1.807) is 31.4 Å². The summed E-state index contributed by atoms with van der Waals surface area (Å²) in [5, 5.41) is 5.90. The van der Waals surface area contributed by atoms with Gasteiger partial charge in [-0.2, -0.15) is 0 Å². The second-order valence-electron chi connectivity index (χ2n) is 4.75. The summed E-state index contributed by atoms with van der Waals surface area (Å²) in [4.78, 5) is 12.0. The molecule has 0 spiro atoms. The number of ether oxygens (including phenoxy) is 2. The third-order valence-corrected chi connectivity index (χ3v) is 2.77. The van der Waals surface area contributed by atoms with Gasteiger partial charge < -0.3 is 14.8 Å². The Labute approximate surface area is 131 Å². The first-order chi connectivity index (χ1) is 10.0. The number of hydrogen-bond donors (Lipinski definition) is 2. The average molecular weight is 310 g/mol. The molecule has 0 aliphatic heterocycles. The fraction of sp³-hybridized carbons (Fsp3) is 0.467. The molecule has 2 N–H and O–H groups in total. The highest BCUT2D eigenvalue weighted by Gasteiger charge is 2.08. The Morgan fingerprint density at radius 3 is 2.52 bits per heavy atom. The second-order valence-corrected chi connectivity index (χ2v) is 5.16. The Hall–Kier alpha value is -1.66. The van der Waals surface area contributed by atoms with Crippen LogP contribution >= 0.6 is 12.2 Å². The van der Waals surface area contributed by atoms with Gasteiger partial charge in [0, 0.05) is 25.8 Å². The molecule has 0 saturated carbocycles. The largest absolute Gasteiger partial charge is 0.491 e. The van der Waals surface area contributed by atoms with Crippen LogP contribution in [-0.2, 0) is 4.74 Å². The molecule has 1 aromatic rings. The summed E-state index contributed by atoms with van der Waals surface area (Å²) in [6.07, 6.45) is 0.932. The van der Waals surface area contributed by atoms with Crippen molar-refractivity contribution in [3.63, 3.8) is 0 Å². The maximum Gasteiger partial charge on any atom is 0.257 e. The van der Waals surface area contributed by atoms with Crippen molar-refractivity contribution in [2.45, 2.75) is 26.4 Å². The molecule has 1 rings (SSSR count). The Morgan fingerprint density at radius 2 is 1.95 bits per heavy atom. The summed E-state index contributed by atoms with van der Waals surface area (Å²) in [6.45, 7) is 5.22. The Kier molecular flexibility index (Phi) is 7.71. The van der Waals surface area contributed by atoms with Crippen molar-refractivity contribution in [3.05, 3.63) is 29.8 Å². The molecular weight excluding hydrogens is 288 g/mol. The van der Waals surface area contributed by atoms with Crippen LogP contribution in [0.1, 0.15) is 30.6 Å². The van der Waals surface area contributed by atoms with Crippen LogP contribution in [0, 0.1) is 0 Å². The fourth-order valence-electron chi connectivity index (χ4n) is 1.59. The van der Waals surface area contributed by atoms with E-state index in [-0.39, 0.29) is 12.0 Å². The SMILES string of the molecule is COCCCNC(=S)NC(=O)c1ccc(OC(C)C)cc1. The molecular formula is C15H22N2O3S. The highest BCUT2D eigenvalue weighted by atomic mass is 32.1. The number of thiocarbonyl (C=S) groups is 1. The highest BCUT2D eigenvalue weighted by Crippen LogP contribution is 2.13. The van der Waals surface area contributed by atoms with Gasteiger partial charge in [-0.05, 0) is 56.8 Å². The molecule has 6 heteroatoms. The topological polar surface area (TPSA) is 59.6 Å². The molecule has 5 nitrogen and oxygen atoms in total. The Balaban J connectivity index is 2.42. The predicted molar refractivity (Wildman–Crippen MR) is 86.8 cm³/mol. The van der Waals surface area contributed by atoms with Gasteiger partial charge in [-0.15, -0.1) is 0 Å². The van der Waals surface area contributed by atoms with Gasteiger partial charge in [0.2, 0.25) is 0 Å². The van der Waals surface area contributed by atoms with Crippen molar-refractivity contribution >= 4 is 23.2 Å². The van der Waals surface area contributed by atoms with E-state index in [0.29, 0.717) is 23.8 Å². The van der Waals surface area contributed by atoms with Crippen LogP contribution < -0.4 is 15.4 Å². The van der Waals surface area contributed by atoms with E-state index < -0.39 is 0 Å². The van der Waals surface area contributed by atoms with E-state index in [1.807, 2.05) is 13.8 Å². The van der Waals surface area contributed by atoms with Crippen LogP contribution in [0.2, 0.25) is 0 Å². The van der Waals surface area contributed by atoms with Crippen LogP contribution in [0.25, 0.3) is 0 Å². The molecule has 0 aliphatic carbocycles. The van der Waals surface area contributed by atoms with Gasteiger partial charge in [0.05, 0.1) is 6.10 Å². The first kappa shape index (κ1) is 17.4. The van der Waals surface area contributed by atoms with Gasteiger partial charge in [0.15, 0.2) is 5.11 Å².